The van der Waals surface area contributed by atoms with Crippen molar-refractivity contribution >= 4 is 22.4 Å². The zero-order valence-corrected chi connectivity index (χ0v) is 14.6. The molecule has 6 nitrogen and oxygen atoms in total. The second kappa shape index (κ2) is 7.15. The van der Waals surface area contributed by atoms with Crippen LogP contribution in [0.3, 0.4) is 0 Å². The average molecular weight is 339 g/mol. The van der Waals surface area contributed by atoms with Crippen LogP contribution in [0.5, 0.6) is 0 Å². The molecule has 1 aromatic rings. The summed E-state index contributed by atoms with van der Waals surface area (Å²) in [4.78, 5) is 17.7. The lowest BCUT2D eigenvalue weighted by molar-refractivity contribution is -0.139. The van der Waals surface area contributed by atoms with Gasteiger partial charge in [0.1, 0.15) is 4.88 Å². The Morgan fingerprint density at radius 3 is 2.91 bits per heavy atom. The third-order valence-electron chi connectivity index (χ3n) is 4.56. The van der Waals surface area contributed by atoms with E-state index in [1.807, 2.05) is 13.8 Å². The zero-order chi connectivity index (χ0) is 16.3. The van der Waals surface area contributed by atoms with E-state index in [1.165, 1.54) is 11.3 Å². The average Bonchev–Trinajstić information content (AvgIpc) is 2.89. The molecule has 3 rings (SSSR count). The highest BCUT2D eigenvalue weighted by Gasteiger charge is 2.39. The van der Waals surface area contributed by atoms with E-state index in [0.717, 1.165) is 56.3 Å². The summed E-state index contributed by atoms with van der Waals surface area (Å²) < 4.78 is 11.5. The van der Waals surface area contributed by atoms with Crippen molar-refractivity contribution in [2.45, 2.75) is 51.2 Å². The maximum absolute atomic E-state index is 12.6. The molecule has 1 spiro atoms. The molecule has 1 atom stereocenters. The number of hydrogen-bond acceptors (Lipinski definition) is 6. The van der Waals surface area contributed by atoms with E-state index in [2.05, 4.69) is 15.6 Å². The number of anilines is 1. The lowest BCUT2D eigenvalue weighted by Crippen LogP contribution is -2.51. The largest absolute Gasteiger partial charge is 0.381 e. The van der Waals surface area contributed by atoms with E-state index in [-0.39, 0.29) is 17.6 Å². The molecule has 2 saturated heterocycles. The molecule has 2 N–H and O–H groups in total. The van der Waals surface area contributed by atoms with Crippen LogP contribution in [0.15, 0.2) is 0 Å². The summed E-state index contributed by atoms with van der Waals surface area (Å²) in [5.74, 6) is -0.0155. The quantitative estimate of drug-likeness (QED) is 0.881. The number of ether oxygens (including phenoxy) is 2. The number of carbonyl (C=O) groups excluding carboxylic acids is 1. The van der Waals surface area contributed by atoms with Gasteiger partial charge in [0.2, 0.25) is 0 Å². The molecule has 2 fully saturated rings. The first kappa shape index (κ1) is 16.7. The molecule has 1 amide bonds. The first-order valence-electron chi connectivity index (χ1n) is 8.36. The van der Waals surface area contributed by atoms with Gasteiger partial charge in [-0.2, -0.15) is 0 Å². The Morgan fingerprint density at radius 2 is 2.17 bits per heavy atom. The van der Waals surface area contributed by atoms with Gasteiger partial charge < -0.3 is 20.1 Å². The molecule has 3 heterocycles. The summed E-state index contributed by atoms with van der Waals surface area (Å²) in [5.41, 5.74) is 0.683. The van der Waals surface area contributed by atoms with E-state index in [0.29, 0.717) is 11.5 Å². The van der Waals surface area contributed by atoms with Crippen molar-refractivity contribution in [3.63, 3.8) is 0 Å². The number of rotatable bonds is 4. The van der Waals surface area contributed by atoms with Crippen molar-refractivity contribution in [2.75, 3.05) is 31.7 Å². The first-order chi connectivity index (χ1) is 11.1. The van der Waals surface area contributed by atoms with Gasteiger partial charge in [0.05, 0.1) is 11.3 Å². The van der Waals surface area contributed by atoms with E-state index in [1.54, 1.807) is 0 Å². The van der Waals surface area contributed by atoms with E-state index in [9.17, 15) is 4.79 Å². The van der Waals surface area contributed by atoms with Crippen molar-refractivity contribution in [3.05, 3.63) is 10.6 Å². The molecule has 0 aliphatic carbocycles. The van der Waals surface area contributed by atoms with Gasteiger partial charge in [0.15, 0.2) is 5.13 Å². The molecule has 23 heavy (non-hydrogen) atoms. The topological polar surface area (TPSA) is 72.5 Å². The number of nitrogens with zero attached hydrogens (tertiary/aromatic N) is 1. The van der Waals surface area contributed by atoms with Crippen LogP contribution in [-0.4, -0.2) is 48.9 Å². The predicted molar refractivity (Wildman–Crippen MR) is 90.2 cm³/mol. The Hall–Kier alpha value is -1.18. The second-order valence-electron chi connectivity index (χ2n) is 6.27. The molecule has 128 valence electrons. The van der Waals surface area contributed by atoms with Crippen LogP contribution in [-0.2, 0) is 9.47 Å². The summed E-state index contributed by atoms with van der Waals surface area (Å²) in [6.45, 7) is 6.91. The smallest absolute Gasteiger partial charge is 0.263 e. The lowest BCUT2D eigenvalue weighted by atomic mass is 9.84. The van der Waals surface area contributed by atoms with Crippen LogP contribution in [0, 0.1) is 6.92 Å². The Kier molecular flexibility index (Phi) is 5.18. The molecule has 0 saturated carbocycles. The Labute approximate surface area is 141 Å². The highest BCUT2D eigenvalue weighted by Crippen LogP contribution is 2.34. The molecule has 0 aromatic carbocycles. The third kappa shape index (κ3) is 3.84. The molecule has 0 bridgehead atoms. The first-order valence-corrected chi connectivity index (χ1v) is 9.17. The minimum absolute atomic E-state index is 0.0155. The number of carbonyl (C=O) groups is 1. The summed E-state index contributed by atoms with van der Waals surface area (Å²) in [6, 6.07) is 0.165. The highest BCUT2D eigenvalue weighted by molar-refractivity contribution is 7.17. The van der Waals surface area contributed by atoms with E-state index >= 15 is 0 Å². The molecular formula is C16H25N3O3S. The summed E-state index contributed by atoms with van der Waals surface area (Å²) in [5, 5.41) is 7.16. The summed E-state index contributed by atoms with van der Waals surface area (Å²) >= 11 is 1.42. The molecular weight excluding hydrogens is 314 g/mol. The normalized spacial score (nSPS) is 23.7. The van der Waals surface area contributed by atoms with Crippen molar-refractivity contribution in [1.82, 2.24) is 10.3 Å². The van der Waals surface area contributed by atoms with Crippen LogP contribution in [0.4, 0.5) is 5.13 Å². The zero-order valence-electron chi connectivity index (χ0n) is 13.8. The van der Waals surface area contributed by atoms with Gasteiger partial charge in [-0.3, -0.25) is 4.79 Å². The van der Waals surface area contributed by atoms with Gasteiger partial charge in [-0.25, -0.2) is 4.98 Å². The predicted octanol–water partition coefficient (Wildman–Crippen LogP) is 2.34. The Morgan fingerprint density at radius 1 is 1.39 bits per heavy atom. The maximum atomic E-state index is 12.6. The molecule has 7 heteroatoms. The Bertz CT molecular complexity index is 549. The summed E-state index contributed by atoms with van der Waals surface area (Å²) in [7, 11) is 0. The van der Waals surface area contributed by atoms with Gasteiger partial charge in [0.25, 0.3) is 5.91 Å². The van der Waals surface area contributed by atoms with Crippen LogP contribution in [0.2, 0.25) is 0 Å². The number of aromatic nitrogens is 1. The third-order valence-corrected chi connectivity index (χ3v) is 5.68. The fourth-order valence-corrected chi connectivity index (χ4v) is 4.27. The van der Waals surface area contributed by atoms with Gasteiger partial charge in [-0.05, 0) is 39.5 Å². The van der Waals surface area contributed by atoms with Crippen LogP contribution in [0.1, 0.15) is 48.0 Å². The minimum Gasteiger partial charge on any atom is -0.381 e. The Balaban J connectivity index is 1.63. The molecule has 0 unspecified atom stereocenters. The van der Waals surface area contributed by atoms with Crippen molar-refractivity contribution < 1.29 is 14.3 Å². The van der Waals surface area contributed by atoms with Gasteiger partial charge in [0, 0.05) is 32.4 Å². The monoisotopic (exact) mass is 339 g/mol. The van der Waals surface area contributed by atoms with Crippen molar-refractivity contribution in [1.29, 1.82) is 0 Å². The summed E-state index contributed by atoms with van der Waals surface area (Å²) in [6.07, 6.45) is 3.58. The van der Waals surface area contributed by atoms with Gasteiger partial charge >= 0.3 is 0 Å². The SMILES string of the molecule is CCNc1nc(C)c(C(=O)N[C@@H]2CCOC3(CCOCC3)C2)s1. The number of aryl methyl sites for hydroxylation is 1. The van der Waals surface area contributed by atoms with Crippen LogP contribution < -0.4 is 10.6 Å². The van der Waals surface area contributed by atoms with Crippen molar-refractivity contribution in [3.8, 4) is 0 Å². The second-order valence-corrected chi connectivity index (χ2v) is 7.27. The maximum Gasteiger partial charge on any atom is 0.263 e. The fourth-order valence-electron chi connectivity index (χ4n) is 3.33. The number of nitrogens with one attached hydrogen (secondary N) is 2. The van der Waals surface area contributed by atoms with E-state index in [4.69, 9.17) is 9.47 Å². The highest BCUT2D eigenvalue weighted by atomic mass is 32.1. The molecule has 2 aliphatic rings. The number of amides is 1. The standard InChI is InChI=1S/C16H25N3O3S/c1-3-17-15-18-11(2)13(23-15)14(20)19-12-4-7-22-16(10-12)5-8-21-9-6-16/h12H,3-10H2,1-2H3,(H,17,18)(H,19,20)/t12-/m1/s1. The van der Waals surface area contributed by atoms with E-state index < -0.39 is 0 Å². The fraction of sp³-hybridized carbons (Fsp3) is 0.750. The number of thiazole rings is 1. The van der Waals surface area contributed by atoms with Crippen molar-refractivity contribution in [2.24, 2.45) is 0 Å². The molecule has 2 aliphatic heterocycles. The van der Waals surface area contributed by atoms with Crippen LogP contribution in [0.25, 0.3) is 0 Å². The van der Waals surface area contributed by atoms with Gasteiger partial charge in [-0.15, -0.1) is 0 Å². The van der Waals surface area contributed by atoms with Crippen LogP contribution >= 0.6 is 11.3 Å². The minimum atomic E-state index is -0.105. The lowest BCUT2D eigenvalue weighted by Gasteiger charge is -2.43. The van der Waals surface area contributed by atoms with Gasteiger partial charge in [-0.1, -0.05) is 11.3 Å². The number of hydrogen-bond donors (Lipinski definition) is 2. The molecule has 1 aromatic heterocycles. The molecule has 0 radical (unpaired) electrons.